The molecule has 0 aliphatic carbocycles. The molecule has 2 N–H and O–H groups in total. The van der Waals surface area contributed by atoms with Crippen molar-refractivity contribution < 1.29 is 19.2 Å². The molecule has 130 valence electrons. The molecule has 0 saturated carbocycles. The van der Waals surface area contributed by atoms with E-state index in [9.17, 15) is 4.79 Å². The lowest BCUT2D eigenvalue weighted by molar-refractivity contribution is -0.136. The van der Waals surface area contributed by atoms with Crippen LogP contribution < -0.4 is 4.74 Å². The van der Waals surface area contributed by atoms with Gasteiger partial charge >= 0.3 is 5.97 Å². The van der Waals surface area contributed by atoms with Crippen LogP contribution in [0.3, 0.4) is 0 Å². The normalized spacial score (nSPS) is 12.3. The van der Waals surface area contributed by atoms with E-state index in [4.69, 9.17) is 26.0 Å². The number of aryl methyl sites for hydroxylation is 2. The summed E-state index contributed by atoms with van der Waals surface area (Å²) >= 11 is 6.32. The monoisotopic (exact) mass is 362 g/mol. The first-order valence-corrected chi connectivity index (χ1v) is 8.11. The van der Waals surface area contributed by atoms with E-state index in [1.54, 1.807) is 12.1 Å². The molecule has 0 fully saturated rings. The number of fused-ring (bicyclic) bond motifs is 1. The van der Waals surface area contributed by atoms with E-state index in [1.165, 1.54) is 0 Å². The van der Waals surface area contributed by atoms with Crippen molar-refractivity contribution in [2.24, 2.45) is 0 Å². The molecule has 0 radical (unpaired) electrons. The standard InChI is InChI=1S/C17H16ClN3O4/c1-9-3-4-13(20-19-9)10(2)24-16-8-15-11(7-12(16)18)14(21-25-15)5-6-17(22)23/h3-4,7-8,10H,5-6H2,1-2H3,(H,22,23)/p+1/t10-/m1/s1. The smallest absolute Gasteiger partial charge is 0.516 e. The molecule has 3 aromatic rings. The predicted octanol–water partition coefficient (Wildman–Crippen LogP) is 2.90. The summed E-state index contributed by atoms with van der Waals surface area (Å²) in [5, 5.41) is 20.2. The molecular weight excluding hydrogens is 346 g/mol. The molecule has 0 bridgehead atoms. The zero-order valence-electron chi connectivity index (χ0n) is 13.7. The zero-order chi connectivity index (χ0) is 18.0. The quantitative estimate of drug-likeness (QED) is 0.625. The molecule has 8 heteroatoms. The minimum absolute atomic E-state index is 0.0840. The van der Waals surface area contributed by atoms with Gasteiger partial charge in [-0.3, -0.25) is 0 Å². The first-order valence-electron chi connectivity index (χ1n) is 7.73. The lowest BCUT2D eigenvalue weighted by Gasteiger charge is -2.14. The van der Waals surface area contributed by atoms with Gasteiger partial charge < -0.3 is 14.4 Å². The third kappa shape index (κ3) is 3.88. The average molecular weight is 363 g/mol. The topological polar surface area (TPSA) is 101 Å². The number of nitrogens with zero attached hydrogens (tertiary/aromatic N) is 3. The molecule has 2 heterocycles. The van der Waals surface area contributed by atoms with Crippen molar-refractivity contribution in [3.05, 3.63) is 46.4 Å². The van der Waals surface area contributed by atoms with E-state index < -0.39 is 5.97 Å². The molecule has 3 rings (SSSR count). The number of hydrogen-bond acceptors (Lipinski definition) is 6. The summed E-state index contributed by atoms with van der Waals surface area (Å²) in [5.74, 6) is -0.196. The molecule has 7 nitrogen and oxygen atoms in total. The van der Waals surface area contributed by atoms with Crippen LogP contribution in [0.2, 0.25) is 5.02 Å². The summed E-state index contributed by atoms with van der Waals surface area (Å²) < 4.78 is 11.2. The second-order valence-electron chi connectivity index (χ2n) is 5.69. The summed E-state index contributed by atoms with van der Waals surface area (Å²) in [7, 11) is 0. The van der Waals surface area contributed by atoms with Gasteiger partial charge in [0.1, 0.15) is 24.0 Å². The second-order valence-corrected chi connectivity index (χ2v) is 6.10. The largest absolute Gasteiger partial charge is 0.565 e. The van der Waals surface area contributed by atoms with Gasteiger partial charge in [-0.2, -0.15) is 10.2 Å². The van der Waals surface area contributed by atoms with Gasteiger partial charge in [0.15, 0.2) is 5.58 Å². The number of carbonyl (C=O) groups is 1. The lowest BCUT2D eigenvalue weighted by atomic mass is 10.1. The van der Waals surface area contributed by atoms with Crippen molar-refractivity contribution in [3.8, 4) is 5.75 Å². The fourth-order valence-corrected chi connectivity index (χ4v) is 2.58. The van der Waals surface area contributed by atoms with Gasteiger partial charge in [-0.25, -0.2) is 0 Å². The Balaban J connectivity index is 1.83. The van der Waals surface area contributed by atoms with Gasteiger partial charge in [-0.05, 0) is 32.0 Å². The van der Waals surface area contributed by atoms with Crippen LogP contribution in [0.25, 0.3) is 11.0 Å². The molecule has 1 atom stereocenters. The Kier molecular flexibility index (Phi) is 4.85. The molecule has 0 aliphatic heterocycles. The van der Waals surface area contributed by atoms with Crippen LogP contribution >= 0.6 is 11.6 Å². The Morgan fingerprint density at radius 1 is 1.36 bits per heavy atom. The Bertz CT molecular complexity index is 908. The fourth-order valence-electron chi connectivity index (χ4n) is 2.37. The number of halogens is 1. The van der Waals surface area contributed by atoms with Crippen LogP contribution in [0.15, 0.2) is 28.8 Å². The highest BCUT2D eigenvalue weighted by Gasteiger charge is 2.17. The maximum absolute atomic E-state index is 10.8. The van der Waals surface area contributed by atoms with Crippen molar-refractivity contribution in [2.75, 3.05) is 0 Å². The van der Waals surface area contributed by atoms with Crippen molar-refractivity contribution in [2.45, 2.75) is 32.8 Å². The van der Waals surface area contributed by atoms with E-state index >= 15 is 0 Å². The molecule has 0 saturated heterocycles. The van der Waals surface area contributed by atoms with Crippen LogP contribution in [0.5, 0.6) is 5.75 Å². The van der Waals surface area contributed by atoms with E-state index in [2.05, 4.69) is 15.4 Å². The summed E-state index contributed by atoms with van der Waals surface area (Å²) in [4.78, 5) is 10.8. The third-order valence-corrected chi connectivity index (χ3v) is 4.02. The first-order chi connectivity index (χ1) is 11.9. The Hall–Kier alpha value is -2.67. The minimum atomic E-state index is -0.643. The van der Waals surface area contributed by atoms with Crippen LogP contribution in [-0.4, -0.2) is 26.4 Å². The minimum Gasteiger partial charge on any atom is -0.565 e. The van der Waals surface area contributed by atoms with Gasteiger partial charge in [0.2, 0.25) is 0 Å². The number of rotatable bonds is 6. The number of hydrogen-bond donors (Lipinski definition) is 0. The summed E-state index contributed by atoms with van der Waals surface area (Å²) in [6.07, 6.45) is 0.0772. The fraction of sp³-hybridized carbons (Fsp3) is 0.294. The molecule has 0 spiro atoms. The average Bonchev–Trinajstić information content (AvgIpc) is 2.95. The molecule has 2 aromatic heterocycles. The van der Waals surface area contributed by atoms with Gasteiger partial charge in [0, 0.05) is 22.7 Å². The molecule has 0 unspecified atom stereocenters. The maximum Gasteiger partial charge on any atom is 0.516 e. The third-order valence-electron chi connectivity index (χ3n) is 3.73. The maximum atomic E-state index is 10.8. The number of benzene rings is 1. The zero-order valence-corrected chi connectivity index (χ0v) is 14.5. The van der Waals surface area contributed by atoms with Gasteiger partial charge in [0.25, 0.3) is 0 Å². The van der Waals surface area contributed by atoms with E-state index in [1.807, 2.05) is 26.0 Å². The van der Waals surface area contributed by atoms with Crippen LogP contribution in [0.4, 0.5) is 0 Å². The Morgan fingerprint density at radius 3 is 2.84 bits per heavy atom. The summed E-state index contributed by atoms with van der Waals surface area (Å²) in [5.41, 5.74) is 2.63. The van der Waals surface area contributed by atoms with Crippen molar-refractivity contribution in [1.82, 2.24) is 15.4 Å². The van der Waals surface area contributed by atoms with E-state index in [0.29, 0.717) is 39.6 Å². The number of carbonyl (C=O) groups excluding carboxylic acids is 1. The predicted molar refractivity (Wildman–Crippen MR) is 91.8 cm³/mol. The van der Waals surface area contributed by atoms with Gasteiger partial charge in [-0.1, -0.05) is 16.8 Å². The highest BCUT2D eigenvalue weighted by Crippen LogP contribution is 2.34. The van der Waals surface area contributed by atoms with Crippen LogP contribution in [0.1, 0.15) is 36.5 Å². The molecule has 25 heavy (non-hydrogen) atoms. The van der Waals surface area contributed by atoms with Gasteiger partial charge in [0.05, 0.1) is 16.4 Å². The van der Waals surface area contributed by atoms with Crippen molar-refractivity contribution in [3.63, 3.8) is 0 Å². The summed E-state index contributed by atoms with van der Waals surface area (Å²) in [6.45, 7) is 3.72. The Labute approximate surface area is 148 Å². The first kappa shape index (κ1) is 17.2. The lowest BCUT2D eigenvalue weighted by Crippen LogP contribution is -2.07. The molecular formula is C17H17ClN3O4+. The number of ether oxygens (including phenoxy) is 1. The Morgan fingerprint density at radius 2 is 2.16 bits per heavy atom. The van der Waals surface area contributed by atoms with E-state index in [0.717, 1.165) is 5.69 Å². The van der Waals surface area contributed by atoms with E-state index in [-0.39, 0.29) is 12.5 Å². The molecule has 0 amide bonds. The summed E-state index contributed by atoms with van der Waals surface area (Å²) in [6, 6.07) is 7.07. The molecule has 0 aliphatic rings. The van der Waals surface area contributed by atoms with Crippen molar-refractivity contribution >= 4 is 28.5 Å². The second kappa shape index (κ2) is 7.06. The van der Waals surface area contributed by atoms with Gasteiger partial charge in [-0.15, -0.1) is 0 Å². The van der Waals surface area contributed by atoms with Crippen molar-refractivity contribution in [1.29, 1.82) is 0 Å². The molecule has 1 aromatic carbocycles. The number of aromatic nitrogens is 3. The highest BCUT2D eigenvalue weighted by molar-refractivity contribution is 6.32. The highest BCUT2D eigenvalue weighted by atomic mass is 35.5. The van der Waals surface area contributed by atoms with Crippen LogP contribution in [0, 0.1) is 6.92 Å². The van der Waals surface area contributed by atoms with Crippen LogP contribution in [-0.2, 0) is 11.2 Å². The SMILES string of the molecule is Cc1ccc([C@@H](C)Oc2cc3onc(CCC(=O)[OH2+])c3cc2Cl)nn1.